The molecule has 2 amide bonds. The number of amides is 2. The monoisotopic (exact) mass is 468 g/mol. The van der Waals surface area contributed by atoms with Crippen molar-refractivity contribution in [1.82, 2.24) is 5.01 Å². The summed E-state index contributed by atoms with van der Waals surface area (Å²) >= 11 is 3.42. The van der Waals surface area contributed by atoms with E-state index in [1.807, 2.05) is 6.07 Å². The second-order valence-corrected chi connectivity index (χ2v) is 8.75. The van der Waals surface area contributed by atoms with Gasteiger partial charge in [-0.15, -0.1) is 0 Å². The molecule has 5 rings (SSSR count). The molecule has 1 saturated carbocycles. The van der Waals surface area contributed by atoms with Gasteiger partial charge < -0.3 is 4.74 Å². The van der Waals surface area contributed by atoms with E-state index in [4.69, 9.17) is 4.74 Å². The van der Waals surface area contributed by atoms with Crippen molar-refractivity contribution in [2.45, 2.75) is 13.0 Å². The predicted octanol–water partition coefficient (Wildman–Crippen LogP) is 4.31. The molecular weight excluding hydrogens is 451 g/mol. The topological polar surface area (TPSA) is 59.0 Å². The van der Waals surface area contributed by atoms with Crippen LogP contribution in [0.3, 0.4) is 0 Å². The maximum Gasteiger partial charge on any atom is 0.254 e. The van der Waals surface area contributed by atoms with E-state index in [0.29, 0.717) is 16.9 Å². The molecule has 3 aliphatic rings. The van der Waals surface area contributed by atoms with Gasteiger partial charge in [0.2, 0.25) is 0 Å². The number of rotatable bonds is 5. The molecule has 0 unspecified atom stereocenters. The van der Waals surface area contributed by atoms with Crippen LogP contribution < -0.4 is 4.74 Å². The second kappa shape index (κ2) is 7.47. The minimum atomic E-state index is -0.325. The van der Waals surface area contributed by atoms with Crippen LogP contribution in [0.1, 0.15) is 17.5 Å². The molecule has 1 heterocycles. The van der Waals surface area contributed by atoms with Crippen LogP contribution in [-0.2, 0) is 16.2 Å². The van der Waals surface area contributed by atoms with Crippen molar-refractivity contribution in [3.8, 4) is 5.75 Å². The molecule has 0 spiro atoms. The summed E-state index contributed by atoms with van der Waals surface area (Å²) < 4.78 is 20.0. The Morgan fingerprint density at radius 1 is 1.10 bits per heavy atom. The molecule has 0 aromatic heterocycles. The van der Waals surface area contributed by atoms with Gasteiger partial charge >= 0.3 is 0 Å². The van der Waals surface area contributed by atoms with E-state index in [1.54, 1.807) is 24.3 Å². The Morgan fingerprint density at radius 3 is 2.53 bits per heavy atom. The Morgan fingerprint density at radius 2 is 1.83 bits per heavy atom. The number of allylic oxidation sites excluding steroid dienone is 2. The van der Waals surface area contributed by atoms with Crippen molar-refractivity contribution < 1.29 is 18.7 Å². The lowest BCUT2D eigenvalue weighted by Gasteiger charge is -2.13. The first-order valence-corrected chi connectivity index (χ1v) is 10.6. The third kappa shape index (κ3) is 3.27. The summed E-state index contributed by atoms with van der Waals surface area (Å²) in [5, 5.41) is 5.24. The van der Waals surface area contributed by atoms with Gasteiger partial charge in [-0.3, -0.25) is 9.59 Å². The average Bonchev–Trinajstić information content (AvgIpc) is 3.40. The second-order valence-electron chi connectivity index (χ2n) is 7.83. The molecule has 2 aliphatic carbocycles. The first-order valence-electron chi connectivity index (χ1n) is 9.78. The van der Waals surface area contributed by atoms with Gasteiger partial charge in [0.25, 0.3) is 11.8 Å². The lowest BCUT2D eigenvalue weighted by atomic mass is 9.85. The molecule has 2 aromatic rings. The molecule has 30 heavy (non-hydrogen) atoms. The highest BCUT2D eigenvalue weighted by Crippen LogP contribution is 2.52. The maximum absolute atomic E-state index is 13.4. The Hall–Kier alpha value is -2.80. The summed E-state index contributed by atoms with van der Waals surface area (Å²) in [6.07, 6.45) is 6.46. The van der Waals surface area contributed by atoms with E-state index in [0.717, 1.165) is 15.9 Å². The third-order valence-electron chi connectivity index (χ3n) is 6.01. The van der Waals surface area contributed by atoms with Crippen LogP contribution in [0.15, 0.2) is 64.2 Å². The van der Waals surface area contributed by atoms with Crippen LogP contribution in [0.4, 0.5) is 4.39 Å². The zero-order valence-electron chi connectivity index (χ0n) is 15.9. The van der Waals surface area contributed by atoms with Crippen LogP contribution in [0.2, 0.25) is 0 Å². The van der Waals surface area contributed by atoms with Crippen molar-refractivity contribution in [2.75, 3.05) is 0 Å². The van der Waals surface area contributed by atoms with Gasteiger partial charge in [-0.1, -0.05) is 40.2 Å². The molecule has 2 aromatic carbocycles. The van der Waals surface area contributed by atoms with E-state index in [1.165, 1.54) is 18.3 Å². The minimum absolute atomic E-state index is 0.146. The van der Waals surface area contributed by atoms with Gasteiger partial charge in [0, 0.05) is 10.0 Å². The summed E-state index contributed by atoms with van der Waals surface area (Å²) in [7, 11) is 0. The smallest absolute Gasteiger partial charge is 0.254 e. The number of halogens is 2. The average molecular weight is 469 g/mol. The number of nitrogens with zero attached hydrogens (tertiary/aromatic N) is 2. The quantitative estimate of drug-likeness (QED) is 0.373. The Kier molecular flexibility index (Phi) is 4.77. The minimum Gasteiger partial charge on any atom is -0.488 e. The lowest BCUT2D eigenvalue weighted by molar-refractivity contribution is -0.140. The number of benzene rings is 2. The summed E-state index contributed by atoms with van der Waals surface area (Å²) in [5.41, 5.74) is 1.31. The van der Waals surface area contributed by atoms with Crippen molar-refractivity contribution in [3.63, 3.8) is 0 Å². The highest BCUT2D eigenvalue weighted by atomic mass is 79.9. The fourth-order valence-electron chi connectivity index (χ4n) is 4.66. The largest absolute Gasteiger partial charge is 0.488 e. The SMILES string of the molecule is O=C1[C@@H]2[C@H](C(=O)N1N=Cc1cc(Br)ccc1OCc1cccc(F)c1)[C@H]1C=C[C@H]2C1. The van der Waals surface area contributed by atoms with Gasteiger partial charge in [-0.2, -0.15) is 10.1 Å². The molecule has 5 nitrogen and oxygen atoms in total. The number of ether oxygens (including phenoxy) is 1. The van der Waals surface area contributed by atoms with Gasteiger partial charge in [0.05, 0.1) is 18.1 Å². The molecule has 7 heteroatoms. The van der Waals surface area contributed by atoms with Gasteiger partial charge in [0.1, 0.15) is 18.2 Å². The standard InChI is InChI=1S/C23H18BrFN2O3/c24-17-6-7-19(30-12-13-2-1-3-18(25)8-13)16(10-17)11-26-27-22(28)20-14-4-5-15(9-14)21(20)23(27)29/h1-8,10-11,14-15,20-21H,9,12H2/t14-,15-,20-,21+/m0/s1. The van der Waals surface area contributed by atoms with Crippen molar-refractivity contribution in [3.05, 3.63) is 76.0 Å². The Bertz CT molecular complexity index is 1070. The molecule has 1 saturated heterocycles. The maximum atomic E-state index is 13.4. The summed E-state index contributed by atoms with van der Waals surface area (Å²) in [4.78, 5) is 25.6. The zero-order valence-corrected chi connectivity index (χ0v) is 17.5. The highest BCUT2D eigenvalue weighted by molar-refractivity contribution is 9.10. The number of imide groups is 1. The summed E-state index contributed by atoms with van der Waals surface area (Å²) in [5.74, 6) is -0.529. The van der Waals surface area contributed by atoms with Gasteiger partial charge in [-0.25, -0.2) is 4.39 Å². The molecule has 2 fully saturated rings. The first-order chi connectivity index (χ1) is 14.5. The van der Waals surface area contributed by atoms with Crippen molar-refractivity contribution in [1.29, 1.82) is 0 Å². The molecular formula is C23H18BrFN2O3. The van der Waals surface area contributed by atoms with Crippen LogP contribution in [0.25, 0.3) is 0 Å². The summed E-state index contributed by atoms with van der Waals surface area (Å²) in [6.45, 7) is 0.182. The molecule has 0 N–H and O–H groups in total. The van der Waals surface area contributed by atoms with Crippen LogP contribution in [0, 0.1) is 29.5 Å². The third-order valence-corrected chi connectivity index (χ3v) is 6.51. The number of hydrogen-bond acceptors (Lipinski definition) is 4. The van der Waals surface area contributed by atoms with Gasteiger partial charge in [0.15, 0.2) is 0 Å². The van der Waals surface area contributed by atoms with E-state index >= 15 is 0 Å². The van der Waals surface area contributed by atoms with E-state index in [2.05, 4.69) is 33.2 Å². The number of carbonyl (C=O) groups excluding carboxylic acids is 2. The first kappa shape index (κ1) is 19.2. The van der Waals surface area contributed by atoms with Crippen LogP contribution in [0.5, 0.6) is 5.75 Å². The van der Waals surface area contributed by atoms with Crippen LogP contribution >= 0.6 is 15.9 Å². The van der Waals surface area contributed by atoms with E-state index in [9.17, 15) is 14.0 Å². The Balaban J connectivity index is 1.36. The molecule has 1 aliphatic heterocycles. The normalized spacial score (nSPS) is 26.8. The van der Waals surface area contributed by atoms with Gasteiger partial charge in [-0.05, 0) is 54.2 Å². The van der Waals surface area contributed by atoms with E-state index in [-0.39, 0.29) is 47.9 Å². The molecule has 2 bridgehead atoms. The highest BCUT2D eigenvalue weighted by Gasteiger charge is 2.59. The van der Waals surface area contributed by atoms with Crippen LogP contribution in [-0.4, -0.2) is 23.0 Å². The Labute approximate surface area is 181 Å². The zero-order chi connectivity index (χ0) is 20.8. The summed E-state index contributed by atoms with van der Waals surface area (Å²) in [6, 6.07) is 11.6. The van der Waals surface area contributed by atoms with Crippen molar-refractivity contribution >= 4 is 34.0 Å². The number of carbonyl (C=O) groups is 2. The lowest BCUT2D eigenvalue weighted by Crippen LogP contribution is -2.28. The fraction of sp³-hybridized carbons (Fsp3) is 0.261. The number of hydrazone groups is 1. The number of hydrogen-bond donors (Lipinski definition) is 0. The fourth-order valence-corrected chi connectivity index (χ4v) is 5.04. The van der Waals surface area contributed by atoms with E-state index < -0.39 is 0 Å². The molecule has 4 atom stereocenters. The number of fused-ring (bicyclic) bond motifs is 5. The molecule has 0 radical (unpaired) electrons. The van der Waals surface area contributed by atoms with Crippen molar-refractivity contribution in [2.24, 2.45) is 28.8 Å². The molecule has 152 valence electrons. The predicted molar refractivity (Wildman–Crippen MR) is 112 cm³/mol.